The fourth-order valence-corrected chi connectivity index (χ4v) is 0.893. The van der Waals surface area contributed by atoms with Crippen LogP contribution in [0.25, 0.3) is 0 Å². The smallest absolute Gasteiger partial charge is 0.160 e. The van der Waals surface area contributed by atoms with Crippen LogP contribution in [0.2, 0.25) is 0 Å². The van der Waals surface area contributed by atoms with Crippen LogP contribution in [0.4, 0.5) is 0 Å². The van der Waals surface area contributed by atoms with Gasteiger partial charge in [0.2, 0.25) is 0 Å². The van der Waals surface area contributed by atoms with Crippen molar-refractivity contribution in [3.05, 3.63) is 0 Å². The first-order chi connectivity index (χ1) is 4.70. The molecule has 0 bridgehead atoms. The molecule has 0 aromatic rings. The quantitative estimate of drug-likeness (QED) is 0.581. The highest BCUT2D eigenvalue weighted by molar-refractivity contribution is 4.61. The Morgan fingerprint density at radius 2 is 1.80 bits per heavy atom. The van der Waals surface area contributed by atoms with Crippen LogP contribution in [0.15, 0.2) is 0 Å². The predicted molar refractivity (Wildman–Crippen MR) is 36.5 cm³/mol. The molecule has 0 amide bonds. The highest BCUT2D eigenvalue weighted by Gasteiger charge is 2.22. The van der Waals surface area contributed by atoms with Crippen molar-refractivity contribution in [1.29, 1.82) is 0 Å². The van der Waals surface area contributed by atoms with Gasteiger partial charge in [0, 0.05) is 5.92 Å². The zero-order valence-corrected chi connectivity index (χ0v) is 6.41. The van der Waals surface area contributed by atoms with Crippen LogP contribution in [0.5, 0.6) is 0 Å². The second kappa shape index (κ2) is 3.32. The summed E-state index contributed by atoms with van der Waals surface area (Å²) in [6.07, 6.45) is -0.557. The van der Waals surface area contributed by atoms with Crippen molar-refractivity contribution in [2.75, 3.05) is 13.2 Å². The fourth-order valence-electron chi connectivity index (χ4n) is 0.893. The van der Waals surface area contributed by atoms with Crippen LogP contribution in [-0.4, -0.2) is 30.7 Å². The molecule has 0 unspecified atom stereocenters. The summed E-state index contributed by atoms with van der Waals surface area (Å²) >= 11 is 0. The summed E-state index contributed by atoms with van der Waals surface area (Å²) in [4.78, 5) is 0. The minimum absolute atomic E-state index is 0.122. The van der Waals surface area contributed by atoms with Gasteiger partial charge in [-0.05, 0) is 0 Å². The maximum absolute atomic E-state index is 8.96. The molecule has 0 aliphatic carbocycles. The number of hydrogen-bond donors (Lipinski definition) is 1. The van der Waals surface area contributed by atoms with Crippen LogP contribution >= 0.6 is 0 Å². The Bertz CT molecular complexity index is 95.0. The SMILES string of the molecule is CC(C)C1OCC(O)CO1. The summed E-state index contributed by atoms with van der Waals surface area (Å²) in [5.74, 6) is 0.368. The second-order valence-electron chi connectivity index (χ2n) is 2.93. The van der Waals surface area contributed by atoms with E-state index in [9.17, 15) is 0 Å². The molecule has 0 aromatic heterocycles. The van der Waals surface area contributed by atoms with E-state index < -0.39 is 6.10 Å². The van der Waals surface area contributed by atoms with E-state index in [1.807, 2.05) is 13.8 Å². The van der Waals surface area contributed by atoms with Crippen molar-refractivity contribution in [3.8, 4) is 0 Å². The van der Waals surface area contributed by atoms with Gasteiger partial charge in [-0.3, -0.25) is 0 Å². The normalized spacial score (nSPS) is 34.8. The third-order valence-corrected chi connectivity index (χ3v) is 1.45. The molecule has 0 atom stereocenters. The van der Waals surface area contributed by atoms with Crippen molar-refractivity contribution in [1.82, 2.24) is 0 Å². The summed E-state index contributed by atoms with van der Waals surface area (Å²) in [5, 5.41) is 8.96. The van der Waals surface area contributed by atoms with Crippen LogP contribution < -0.4 is 0 Å². The fraction of sp³-hybridized carbons (Fsp3) is 1.00. The van der Waals surface area contributed by atoms with Crippen LogP contribution in [0.1, 0.15) is 13.8 Å². The summed E-state index contributed by atoms with van der Waals surface area (Å²) in [7, 11) is 0. The van der Waals surface area contributed by atoms with Gasteiger partial charge in [-0.15, -0.1) is 0 Å². The Labute approximate surface area is 60.9 Å². The van der Waals surface area contributed by atoms with Crippen molar-refractivity contribution in [2.45, 2.75) is 26.2 Å². The number of aliphatic hydroxyl groups excluding tert-OH is 1. The van der Waals surface area contributed by atoms with E-state index in [1.165, 1.54) is 0 Å². The van der Waals surface area contributed by atoms with Crippen LogP contribution in [0.3, 0.4) is 0 Å². The van der Waals surface area contributed by atoms with E-state index in [4.69, 9.17) is 14.6 Å². The van der Waals surface area contributed by atoms with Crippen LogP contribution in [-0.2, 0) is 9.47 Å². The van der Waals surface area contributed by atoms with Gasteiger partial charge < -0.3 is 14.6 Å². The molecule has 1 N–H and O–H groups in total. The largest absolute Gasteiger partial charge is 0.388 e. The minimum atomic E-state index is -0.435. The van der Waals surface area contributed by atoms with Crippen molar-refractivity contribution < 1.29 is 14.6 Å². The van der Waals surface area contributed by atoms with Crippen LogP contribution in [0, 0.1) is 5.92 Å². The number of ether oxygens (including phenoxy) is 2. The number of rotatable bonds is 1. The lowest BCUT2D eigenvalue weighted by molar-refractivity contribution is -0.232. The molecule has 60 valence electrons. The van der Waals surface area contributed by atoms with E-state index >= 15 is 0 Å². The molecular weight excluding hydrogens is 132 g/mol. The lowest BCUT2D eigenvalue weighted by atomic mass is 10.2. The van der Waals surface area contributed by atoms with Crippen molar-refractivity contribution >= 4 is 0 Å². The Morgan fingerprint density at radius 3 is 2.20 bits per heavy atom. The first-order valence-corrected chi connectivity index (χ1v) is 3.61. The Hall–Kier alpha value is -0.120. The zero-order valence-electron chi connectivity index (χ0n) is 6.41. The van der Waals surface area contributed by atoms with E-state index in [-0.39, 0.29) is 6.29 Å². The van der Waals surface area contributed by atoms with Gasteiger partial charge in [0.05, 0.1) is 13.2 Å². The molecule has 1 heterocycles. The molecule has 3 nitrogen and oxygen atoms in total. The molecule has 0 spiro atoms. The monoisotopic (exact) mass is 146 g/mol. The average Bonchev–Trinajstić information content (AvgIpc) is 1.88. The molecule has 10 heavy (non-hydrogen) atoms. The van der Waals surface area contributed by atoms with Gasteiger partial charge in [-0.25, -0.2) is 0 Å². The van der Waals surface area contributed by atoms with Gasteiger partial charge in [-0.1, -0.05) is 13.8 Å². The second-order valence-corrected chi connectivity index (χ2v) is 2.93. The zero-order chi connectivity index (χ0) is 7.56. The highest BCUT2D eigenvalue weighted by Crippen LogP contribution is 2.13. The third-order valence-electron chi connectivity index (χ3n) is 1.45. The van der Waals surface area contributed by atoms with E-state index in [0.29, 0.717) is 19.1 Å². The summed E-state index contributed by atoms with van der Waals surface area (Å²) in [6.45, 7) is 4.87. The minimum Gasteiger partial charge on any atom is -0.388 e. The first kappa shape index (κ1) is 7.98. The molecule has 1 aliphatic rings. The first-order valence-electron chi connectivity index (χ1n) is 3.61. The summed E-state index contributed by atoms with van der Waals surface area (Å²) in [6, 6.07) is 0. The molecule has 3 heteroatoms. The van der Waals surface area contributed by atoms with Gasteiger partial charge in [-0.2, -0.15) is 0 Å². The van der Waals surface area contributed by atoms with Gasteiger partial charge >= 0.3 is 0 Å². The lowest BCUT2D eigenvalue weighted by Gasteiger charge is -2.28. The van der Waals surface area contributed by atoms with Gasteiger partial charge in [0.1, 0.15) is 6.10 Å². The van der Waals surface area contributed by atoms with Crippen molar-refractivity contribution in [2.24, 2.45) is 5.92 Å². The molecular formula is C7H14O3. The number of aliphatic hydroxyl groups is 1. The Balaban J connectivity index is 2.26. The average molecular weight is 146 g/mol. The molecule has 0 saturated carbocycles. The predicted octanol–water partition coefficient (Wildman–Crippen LogP) is 0.376. The molecule has 1 fully saturated rings. The molecule has 1 rings (SSSR count). The van der Waals surface area contributed by atoms with Gasteiger partial charge in [0.25, 0.3) is 0 Å². The van der Waals surface area contributed by atoms with E-state index in [1.54, 1.807) is 0 Å². The van der Waals surface area contributed by atoms with Crippen molar-refractivity contribution in [3.63, 3.8) is 0 Å². The van der Waals surface area contributed by atoms with E-state index in [2.05, 4.69) is 0 Å². The molecule has 1 saturated heterocycles. The lowest BCUT2D eigenvalue weighted by Crippen LogP contribution is -2.38. The Morgan fingerprint density at radius 1 is 1.30 bits per heavy atom. The topological polar surface area (TPSA) is 38.7 Å². The standard InChI is InChI=1S/C7H14O3/c1-5(2)7-9-3-6(8)4-10-7/h5-8H,3-4H2,1-2H3. The maximum Gasteiger partial charge on any atom is 0.160 e. The molecule has 1 aliphatic heterocycles. The third kappa shape index (κ3) is 1.94. The number of hydrogen-bond acceptors (Lipinski definition) is 3. The summed E-state index contributed by atoms with van der Waals surface area (Å²) in [5.41, 5.74) is 0. The molecule has 0 radical (unpaired) electrons. The van der Waals surface area contributed by atoms with E-state index in [0.717, 1.165) is 0 Å². The molecule has 0 aromatic carbocycles. The Kier molecular flexibility index (Phi) is 2.65. The highest BCUT2D eigenvalue weighted by atomic mass is 16.7. The summed E-state index contributed by atoms with van der Waals surface area (Å²) < 4.78 is 10.4. The maximum atomic E-state index is 8.96. The van der Waals surface area contributed by atoms with Gasteiger partial charge in [0.15, 0.2) is 6.29 Å².